The lowest BCUT2D eigenvalue weighted by Crippen LogP contribution is -2.56. The summed E-state index contributed by atoms with van der Waals surface area (Å²) in [6, 6.07) is -2.66. The number of carbonyl (C=O) groups excluding carboxylic acids is 5. The molecule has 0 saturated carbocycles. The van der Waals surface area contributed by atoms with Crippen molar-refractivity contribution in [3.05, 3.63) is 0 Å². The lowest BCUT2D eigenvalue weighted by Gasteiger charge is -2.28. The number of rotatable bonds is 10. The van der Waals surface area contributed by atoms with Gasteiger partial charge in [0.1, 0.15) is 18.1 Å². The number of carbonyl (C=O) groups is 5. The highest BCUT2D eigenvalue weighted by atomic mass is 16.5. The largest absolute Gasteiger partial charge is 0.475 e. The average molecular weight is 442 g/mol. The van der Waals surface area contributed by atoms with Gasteiger partial charge in [-0.05, 0) is 33.6 Å². The van der Waals surface area contributed by atoms with Crippen molar-refractivity contribution in [3.63, 3.8) is 0 Å². The minimum atomic E-state index is -1.72. The third kappa shape index (κ3) is 8.17. The summed E-state index contributed by atoms with van der Waals surface area (Å²) in [6.45, 7) is 4.66. The summed E-state index contributed by atoms with van der Waals surface area (Å²) in [7, 11) is -0.517. The first-order chi connectivity index (χ1) is 14.5. The molecule has 0 aromatic rings. The van der Waals surface area contributed by atoms with Crippen LogP contribution in [-0.4, -0.2) is 89.4 Å². The molecule has 1 saturated heterocycles. The molecule has 0 aromatic carbocycles. The summed E-state index contributed by atoms with van der Waals surface area (Å²) in [5.41, 5.74) is 0. The van der Waals surface area contributed by atoms with Gasteiger partial charge >= 0.3 is 13.1 Å². The van der Waals surface area contributed by atoms with Crippen molar-refractivity contribution >= 4 is 36.7 Å². The minimum Gasteiger partial charge on any atom is -0.469 e. The highest BCUT2D eigenvalue weighted by molar-refractivity contribution is 6.43. The number of nitrogens with one attached hydrogen (secondary N) is 3. The van der Waals surface area contributed by atoms with Crippen molar-refractivity contribution in [1.29, 1.82) is 0 Å². The van der Waals surface area contributed by atoms with E-state index < -0.39 is 60.8 Å². The van der Waals surface area contributed by atoms with Crippen LogP contribution in [0.2, 0.25) is 0 Å². The molecule has 1 aliphatic rings. The molecule has 174 valence electrons. The van der Waals surface area contributed by atoms with Gasteiger partial charge in [0.25, 0.3) is 0 Å². The van der Waals surface area contributed by atoms with E-state index in [2.05, 4.69) is 20.7 Å². The van der Waals surface area contributed by atoms with E-state index in [9.17, 15) is 24.0 Å². The van der Waals surface area contributed by atoms with Crippen LogP contribution >= 0.6 is 0 Å². The first-order valence-electron chi connectivity index (χ1n) is 10.1. The Morgan fingerprint density at radius 1 is 1.03 bits per heavy atom. The van der Waals surface area contributed by atoms with Crippen molar-refractivity contribution in [2.24, 2.45) is 0 Å². The lowest BCUT2D eigenvalue weighted by atomic mass is 9.81. The van der Waals surface area contributed by atoms with Gasteiger partial charge in [-0.15, -0.1) is 0 Å². The fourth-order valence-corrected chi connectivity index (χ4v) is 3.04. The topological polar surface area (TPSA) is 174 Å². The third-order valence-corrected chi connectivity index (χ3v) is 4.94. The zero-order chi connectivity index (χ0) is 23.7. The summed E-state index contributed by atoms with van der Waals surface area (Å²) in [4.78, 5) is 61.7. The Morgan fingerprint density at radius 3 is 2.26 bits per heavy atom. The van der Waals surface area contributed by atoms with Gasteiger partial charge in [-0.2, -0.15) is 0 Å². The molecule has 1 heterocycles. The van der Waals surface area contributed by atoms with Crippen LogP contribution in [0.1, 0.15) is 46.5 Å². The highest BCUT2D eigenvalue weighted by Gasteiger charge is 2.37. The molecule has 12 nitrogen and oxygen atoms in total. The second-order valence-electron chi connectivity index (χ2n) is 7.50. The van der Waals surface area contributed by atoms with Gasteiger partial charge < -0.3 is 35.6 Å². The van der Waals surface area contributed by atoms with Crippen LogP contribution in [0, 0.1) is 0 Å². The summed E-state index contributed by atoms with van der Waals surface area (Å²) in [5.74, 6) is -3.51. The van der Waals surface area contributed by atoms with Crippen LogP contribution in [0.4, 0.5) is 0 Å². The number of ether oxygens (including phenoxy) is 1. The van der Waals surface area contributed by atoms with E-state index in [0.717, 1.165) is 0 Å². The molecule has 31 heavy (non-hydrogen) atoms. The molecule has 13 heteroatoms. The van der Waals surface area contributed by atoms with Crippen LogP contribution in [0.3, 0.4) is 0 Å². The third-order valence-electron chi connectivity index (χ3n) is 4.94. The van der Waals surface area contributed by atoms with Crippen molar-refractivity contribution < 1.29 is 38.8 Å². The SMILES string of the molecule is COC(=O)CCC(=O)N[C@@H](C)C(=O)N[C@@H](C)C(=O)N1CCC[C@H]1C(=O)N[C@@H](C)B(O)O. The quantitative estimate of drug-likeness (QED) is 0.182. The van der Waals surface area contributed by atoms with E-state index in [-0.39, 0.29) is 12.8 Å². The first-order valence-corrected chi connectivity index (χ1v) is 10.1. The van der Waals surface area contributed by atoms with Crippen molar-refractivity contribution in [3.8, 4) is 0 Å². The van der Waals surface area contributed by atoms with Crippen molar-refractivity contribution in [1.82, 2.24) is 20.9 Å². The van der Waals surface area contributed by atoms with E-state index in [1.165, 1.54) is 32.8 Å². The van der Waals surface area contributed by atoms with Gasteiger partial charge in [-0.25, -0.2) is 0 Å². The zero-order valence-electron chi connectivity index (χ0n) is 18.2. The van der Waals surface area contributed by atoms with Crippen LogP contribution in [0.15, 0.2) is 0 Å². The Bertz CT molecular complexity index is 689. The Balaban J connectivity index is 2.59. The molecule has 0 radical (unpaired) electrons. The molecule has 0 spiro atoms. The molecule has 4 amide bonds. The van der Waals surface area contributed by atoms with Crippen molar-refractivity contribution in [2.45, 2.75) is 70.5 Å². The van der Waals surface area contributed by atoms with Gasteiger partial charge in [0.05, 0.1) is 19.5 Å². The Labute approximate surface area is 181 Å². The number of hydrogen-bond acceptors (Lipinski definition) is 8. The second kappa shape index (κ2) is 12.3. The van der Waals surface area contributed by atoms with Crippen LogP contribution in [0.25, 0.3) is 0 Å². The van der Waals surface area contributed by atoms with Gasteiger partial charge in [0.2, 0.25) is 23.6 Å². The number of hydrogen-bond donors (Lipinski definition) is 5. The molecule has 1 aliphatic heterocycles. The van der Waals surface area contributed by atoms with E-state index in [1.807, 2.05) is 0 Å². The number of amides is 4. The molecular weight excluding hydrogens is 411 g/mol. The molecule has 1 rings (SSSR count). The standard InChI is InChI=1S/C18H31BN4O8/c1-10(20-14(24)7-8-15(25)31-4)16(26)21-11(2)18(28)23-9-5-6-13(23)17(27)22-12(3)19(29)30/h10-13,29-30H,5-9H2,1-4H3,(H,20,24)(H,21,26)(H,22,27)/t10-,11-,12-,13-/m0/s1. The van der Waals surface area contributed by atoms with Crippen molar-refractivity contribution in [2.75, 3.05) is 13.7 Å². The van der Waals surface area contributed by atoms with Gasteiger partial charge in [0, 0.05) is 13.0 Å². The van der Waals surface area contributed by atoms with Gasteiger partial charge in [-0.3, -0.25) is 24.0 Å². The smallest absolute Gasteiger partial charge is 0.469 e. The number of esters is 1. The molecule has 1 fully saturated rings. The molecule has 5 N–H and O–H groups in total. The highest BCUT2D eigenvalue weighted by Crippen LogP contribution is 2.19. The molecule has 0 aromatic heterocycles. The molecule has 4 atom stereocenters. The maximum atomic E-state index is 12.8. The molecular formula is C18H31BN4O8. The Hall–Kier alpha value is -2.67. The van der Waals surface area contributed by atoms with E-state index in [4.69, 9.17) is 10.0 Å². The zero-order valence-corrected chi connectivity index (χ0v) is 18.2. The van der Waals surface area contributed by atoms with E-state index in [0.29, 0.717) is 19.4 Å². The lowest BCUT2D eigenvalue weighted by molar-refractivity contribution is -0.142. The van der Waals surface area contributed by atoms with Gasteiger partial charge in [-0.1, -0.05) is 0 Å². The van der Waals surface area contributed by atoms with E-state index >= 15 is 0 Å². The van der Waals surface area contributed by atoms with Gasteiger partial charge in [0.15, 0.2) is 0 Å². The maximum absolute atomic E-state index is 12.8. The predicted octanol–water partition coefficient (Wildman–Crippen LogP) is -2.54. The molecule has 0 bridgehead atoms. The summed E-state index contributed by atoms with van der Waals surface area (Å²) >= 11 is 0. The molecule has 0 unspecified atom stereocenters. The van der Waals surface area contributed by atoms with Crippen LogP contribution in [0.5, 0.6) is 0 Å². The number of nitrogens with zero attached hydrogens (tertiary/aromatic N) is 1. The fraction of sp³-hybridized carbons (Fsp3) is 0.722. The Morgan fingerprint density at radius 2 is 1.68 bits per heavy atom. The number of methoxy groups -OCH3 is 1. The fourth-order valence-electron chi connectivity index (χ4n) is 3.04. The first kappa shape index (κ1) is 26.4. The molecule has 0 aliphatic carbocycles. The maximum Gasteiger partial charge on any atom is 0.475 e. The minimum absolute atomic E-state index is 0.115. The summed E-state index contributed by atoms with van der Waals surface area (Å²) in [5, 5.41) is 25.6. The second-order valence-corrected chi connectivity index (χ2v) is 7.50. The van der Waals surface area contributed by atoms with E-state index in [1.54, 1.807) is 0 Å². The predicted molar refractivity (Wildman–Crippen MR) is 109 cm³/mol. The van der Waals surface area contributed by atoms with Crippen LogP contribution in [-0.2, 0) is 28.7 Å². The Kier molecular flexibility index (Phi) is 10.4. The summed E-state index contributed by atoms with van der Waals surface area (Å²) in [6.07, 6.45) is 0.757. The van der Waals surface area contributed by atoms with Crippen LogP contribution < -0.4 is 16.0 Å². The number of likely N-dealkylation sites (tertiary alicyclic amines) is 1. The summed E-state index contributed by atoms with van der Waals surface area (Å²) < 4.78 is 4.45. The normalized spacial score (nSPS) is 18.4. The average Bonchev–Trinajstić information content (AvgIpc) is 3.20. The monoisotopic (exact) mass is 442 g/mol.